The third-order valence-electron chi connectivity index (χ3n) is 4.27. The Morgan fingerprint density at radius 2 is 2.20 bits per heavy atom. The lowest BCUT2D eigenvalue weighted by Crippen LogP contribution is -2.42. The number of rotatable bonds is 4. The van der Waals surface area contributed by atoms with Crippen molar-refractivity contribution < 1.29 is 9.90 Å². The van der Waals surface area contributed by atoms with E-state index in [0.717, 1.165) is 37.9 Å². The van der Waals surface area contributed by atoms with Crippen molar-refractivity contribution in [3.8, 4) is 5.75 Å². The lowest BCUT2D eigenvalue weighted by molar-refractivity contribution is 0.0728. The summed E-state index contributed by atoms with van der Waals surface area (Å²) in [6, 6.07) is 5.85. The summed E-state index contributed by atoms with van der Waals surface area (Å²) in [7, 11) is 0. The normalized spacial score (nSPS) is 21.9. The fraction of sp³-hybridized carbons (Fsp3) is 0.562. The van der Waals surface area contributed by atoms with Crippen molar-refractivity contribution in [2.75, 3.05) is 13.1 Å². The molecular weight excluding hydrogens is 252 g/mol. The molecule has 0 spiro atoms. The standard InChI is InChI=1S/C16H22N2O2/c1-11-9-14(19)6-7-15(11)16(20)18(13-4-5-13)10-12-3-2-8-17-12/h6-7,9,12-13,17,19H,2-5,8,10H2,1H3. The van der Waals surface area contributed by atoms with Gasteiger partial charge in [-0.15, -0.1) is 0 Å². The summed E-state index contributed by atoms with van der Waals surface area (Å²) in [6.45, 7) is 3.76. The van der Waals surface area contributed by atoms with E-state index in [1.165, 1.54) is 6.42 Å². The van der Waals surface area contributed by atoms with Gasteiger partial charge in [-0.2, -0.15) is 0 Å². The third kappa shape index (κ3) is 2.80. The molecule has 0 bridgehead atoms. The lowest BCUT2D eigenvalue weighted by Gasteiger charge is -2.26. The van der Waals surface area contributed by atoms with Crippen LogP contribution in [0.4, 0.5) is 0 Å². The monoisotopic (exact) mass is 274 g/mol. The van der Waals surface area contributed by atoms with Crippen LogP contribution in [0.3, 0.4) is 0 Å². The molecule has 1 atom stereocenters. The van der Waals surface area contributed by atoms with Crippen LogP contribution in [0.15, 0.2) is 18.2 Å². The van der Waals surface area contributed by atoms with Crippen LogP contribution in [0.5, 0.6) is 5.75 Å². The minimum Gasteiger partial charge on any atom is -0.508 e. The number of hydrogen-bond acceptors (Lipinski definition) is 3. The quantitative estimate of drug-likeness (QED) is 0.883. The van der Waals surface area contributed by atoms with Crippen molar-refractivity contribution in [1.29, 1.82) is 0 Å². The predicted molar refractivity (Wildman–Crippen MR) is 77.9 cm³/mol. The molecule has 1 amide bonds. The van der Waals surface area contributed by atoms with Crippen molar-refractivity contribution in [3.63, 3.8) is 0 Å². The molecule has 108 valence electrons. The highest BCUT2D eigenvalue weighted by Crippen LogP contribution is 2.30. The highest BCUT2D eigenvalue weighted by Gasteiger charge is 2.35. The first-order valence-corrected chi connectivity index (χ1v) is 7.49. The van der Waals surface area contributed by atoms with Crippen molar-refractivity contribution in [2.24, 2.45) is 0 Å². The zero-order valence-corrected chi connectivity index (χ0v) is 11.9. The Balaban J connectivity index is 1.77. The maximum absolute atomic E-state index is 12.8. The second-order valence-electron chi connectivity index (χ2n) is 5.98. The molecule has 1 heterocycles. The van der Waals surface area contributed by atoms with E-state index in [0.29, 0.717) is 17.6 Å². The lowest BCUT2D eigenvalue weighted by atomic mass is 10.1. The molecule has 0 radical (unpaired) electrons. The molecule has 20 heavy (non-hydrogen) atoms. The van der Waals surface area contributed by atoms with Gasteiger partial charge in [-0.25, -0.2) is 0 Å². The van der Waals surface area contributed by atoms with E-state index in [4.69, 9.17) is 0 Å². The molecule has 2 fully saturated rings. The number of aryl methyl sites for hydroxylation is 1. The molecule has 1 saturated heterocycles. The number of hydrogen-bond donors (Lipinski definition) is 2. The number of aromatic hydroxyl groups is 1. The summed E-state index contributed by atoms with van der Waals surface area (Å²) >= 11 is 0. The third-order valence-corrected chi connectivity index (χ3v) is 4.27. The van der Waals surface area contributed by atoms with E-state index < -0.39 is 0 Å². The summed E-state index contributed by atoms with van der Waals surface area (Å²) in [5.41, 5.74) is 1.56. The molecule has 2 aliphatic rings. The van der Waals surface area contributed by atoms with E-state index in [1.54, 1.807) is 18.2 Å². The molecule has 1 aliphatic heterocycles. The highest BCUT2D eigenvalue weighted by atomic mass is 16.3. The Bertz CT molecular complexity index is 505. The number of phenolic OH excluding ortho intramolecular Hbond substituents is 1. The molecule has 3 rings (SSSR count). The zero-order chi connectivity index (χ0) is 14.1. The van der Waals surface area contributed by atoms with Gasteiger partial charge < -0.3 is 15.3 Å². The minimum absolute atomic E-state index is 0.110. The largest absolute Gasteiger partial charge is 0.508 e. The maximum atomic E-state index is 12.8. The van der Waals surface area contributed by atoms with E-state index in [1.807, 2.05) is 11.8 Å². The van der Waals surface area contributed by atoms with Crippen LogP contribution in [0.25, 0.3) is 0 Å². The molecule has 1 aromatic carbocycles. The average molecular weight is 274 g/mol. The maximum Gasteiger partial charge on any atom is 0.254 e. The van der Waals surface area contributed by atoms with Gasteiger partial charge in [-0.3, -0.25) is 4.79 Å². The van der Waals surface area contributed by atoms with Gasteiger partial charge in [0.1, 0.15) is 5.75 Å². The Hall–Kier alpha value is -1.55. The molecule has 2 N–H and O–H groups in total. The van der Waals surface area contributed by atoms with Crippen LogP contribution >= 0.6 is 0 Å². The highest BCUT2D eigenvalue weighted by molar-refractivity contribution is 5.96. The van der Waals surface area contributed by atoms with E-state index >= 15 is 0 Å². The topological polar surface area (TPSA) is 52.6 Å². The minimum atomic E-state index is 0.110. The molecule has 4 nitrogen and oxygen atoms in total. The van der Waals surface area contributed by atoms with E-state index in [9.17, 15) is 9.90 Å². The van der Waals surface area contributed by atoms with Gasteiger partial charge in [0.25, 0.3) is 5.91 Å². The average Bonchev–Trinajstić information content (AvgIpc) is 3.12. The van der Waals surface area contributed by atoms with Crippen LogP contribution in [0.2, 0.25) is 0 Å². The van der Waals surface area contributed by atoms with Crippen molar-refractivity contribution in [1.82, 2.24) is 10.2 Å². The summed E-state index contributed by atoms with van der Waals surface area (Å²) in [6.07, 6.45) is 4.60. The fourth-order valence-corrected chi connectivity index (χ4v) is 2.98. The zero-order valence-electron chi connectivity index (χ0n) is 11.9. The van der Waals surface area contributed by atoms with Gasteiger partial charge in [-0.1, -0.05) is 0 Å². The molecule has 1 aliphatic carbocycles. The first kappa shape index (κ1) is 13.4. The van der Waals surface area contributed by atoms with Crippen LogP contribution < -0.4 is 5.32 Å². The molecule has 1 unspecified atom stereocenters. The van der Waals surface area contributed by atoms with Gasteiger partial charge in [0.2, 0.25) is 0 Å². The van der Waals surface area contributed by atoms with Crippen LogP contribution in [-0.2, 0) is 0 Å². The summed E-state index contributed by atoms with van der Waals surface area (Å²) in [5.74, 6) is 0.327. The van der Waals surface area contributed by atoms with Crippen molar-refractivity contribution in [3.05, 3.63) is 29.3 Å². The van der Waals surface area contributed by atoms with E-state index in [-0.39, 0.29) is 11.7 Å². The Labute approximate surface area is 119 Å². The van der Waals surface area contributed by atoms with Crippen molar-refractivity contribution in [2.45, 2.75) is 44.7 Å². The van der Waals surface area contributed by atoms with E-state index in [2.05, 4.69) is 5.32 Å². The van der Waals surface area contributed by atoms with Gasteiger partial charge in [0.15, 0.2) is 0 Å². The summed E-state index contributed by atoms with van der Waals surface area (Å²) in [4.78, 5) is 14.8. The van der Waals surface area contributed by atoms with Crippen LogP contribution in [0.1, 0.15) is 41.6 Å². The Morgan fingerprint density at radius 3 is 2.80 bits per heavy atom. The second-order valence-corrected chi connectivity index (χ2v) is 5.98. The molecular formula is C16H22N2O2. The second kappa shape index (κ2) is 5.44. The molecule has 0 aromatic heterocycles. The number of carbonyl (C=O) groups is 1. The Kier molecular flexibility index (Phi) is 3.66. The predicted octanol–water partition coefficient (Wildman–Crippen LogP) is 2.06. The molecule has 1 aromatic rings. The fourth-order valence-electron chi connectivity index (χ4n) is 2.98. The Morgan fingerprint density at radius 1 is 1.40 bits per heavy atom. The van der Waals surface area contributed by atoms with Gasteiger partial charge in [0.05, 0.1) is 0 Å². The number of benzene rings is 1. The number of carbonyl (C=O) groups excluding carboxylic acids is 1. The number of nitrogens with one attached hydrogen (secondary N) is 1. The van der Waals surface area contributed by atoms with Crippen molar-refractivity contribution >= 4 is 5.91 Å². The van der Waals surface area contributed by atoms with Gasteiger partial charge in [-0.05, 0) is 62.9 Å². The van der Waals surface area contributed by atoms with Gasteiger partial charge >= 0.3 is 0 Å². The molecule has 4 heteroatoms. The number of amides is 1. The first-order chi connectivity index (χ1) is 9.65. The molecule has 1 saturated carbocycles. The van der Waals surface area contributed by atoms with Gasteiger partial charge in [0, 0.05) is 24.2 Å². The summed E-state index contributed by atoms with van der Waals surface area (Å²) in [5, 5.41) is 12.9. The number of phenols is 1. The smallest absolute Gasteiger partial charge is 0.254 e. The SMILES string of the molecule is Cc1cc(O)ccc1C(=O)N(CC1CCCN1)C1CC1. The summed E-state index contributed by atoms with van der Waals surface area (Å²) < 4.78 is 0. The van der Waals surface area contributed by atoms with Crippen LogP contribution in [-0.4, -0.2) is 41.1 Å². The van der Waals surface area contributed by atoms with Crippen LogP contribution in [0, 0.1) is 6.92 Å². The number of nitrogens with zero attached hydrogens (tertiary/aromatic N) is 1. The first-order valence-electron chi connectivity index (χ1n) is 7.49.